The van der Waals surface area contributed by atoms with Crippen molar-refractivity contribution >= 4 is 40.1 Å². The number of aromatic nitrogens is 2. The molecule has 25 heavy (non-hydrogen) atoms. The van der Waals surface area contributed by atoms with Crippen molar-refractivity contribution in [2.45, 2.75) is 70.4 Å². The van der Waals surface area contributed by atoms with Crippen LogP contribution in [0.2, 0.25) is 0 Å². The minimum atomic E-state index is -0.303. The van der Waals surface area contributed by atoms with Crippen LogP contribution in [0, 0.1) is 11.3 Å². The van der Waals surface area contributed by atoms with Gasteiger partial charge in [0.05, 0.1) is 6.61 Å². The van der Waals surface area contributed by atoms with Gasteiger partial charge in [0.15, 0.2) is 4.34 Å². The number of carbonyl (C=O) groups excluding carboxylic acids is 2. The van der Waals surface area contributed by atoms with Gasteiger partial charge >= 0.3 is 5.97 Å². The molecule has 1 heterocycles. The highest BCUT2D eigenvalue weighted by atomic mass is 32.2. The summed E-state index contributed by atoms with van der Waals surface area (Å²) in [7, 11) is 0. The summed E-state index contributed by atoms with van der Waals surface area (Å²) in [5.41, 5.74) is 0.203. The van der Waals surface area contributed by atoms with Gasteiger partial charge in [0, 0.05) is 6.42 Å². The van der Waals surface area contributed by atoms with E-state index in [1.165, 1.54) is 23.1 Å². The van der Waals surface area contributed by atoms with E-state index in [0.29, 0.717) is 34.8 Å². The Labute approximate surface area is 158 Å². The van der Waals surface area contributed by atoms with Crippen LogP contribution in [0.1, 0.15) is 60.8 Å². The first kappa shape index (κ1) is 21.9. The summed E-state index contributed by atoms with van der Waals surface area (Å²) in [5.74, 6) is 0.00345. The van der Waals surface area contributed by atoms with Crippen molar-refractivity contribution in [1.82, 2.24) is 10.2 Å². The predicted molar refractivity (Wildman–Crippen MR) is 103 cm³/mol. The second kappa shape index (κ2) is 10.1. The van der Waals surface area contributed by atoms with Crippen LogP contribution >= 0.6 is 23.1 Å². The number of ether oxygens (including phenoxy) is 1. The molecule has 0 saturated carbocycles. The summed E-state index contributed by atoms with van der Waals surface area (Å²) in [6.45, 7) is 12.7. The van der Waals surface area contributed by atoms with Gasteiger partial charge in [-0.1, -0.05) is 57.7 Å². The molecule has 0 bridgehead atoms. The Kier molecular flexibility index (Phi) is 8.85. The van der Waals surface area contributed by atoms with E-state index >= 15 is 0 Å². The Morgan fingerprint density at radius 3 is 2.52 bits per heavy atom. The van der Waals surface area contributed by atoms with E-state index in [4.69, 9.17) is 4.74 Å². The molecule has 1 aromatic heterocycles. The first-order valence-electron chi connectivity index (χ1n) is 8.61. The van der Waals surface area contributed by atoms with E-state index in [-0.39, 0.29) is 22.5 Å². The van der Waals surface area contributed by atoms with E-state index < -0.39 is 0 Å². The summed E-state index contributed by atoms with van der Waals surface area (Å²) >= 11 is 2.61. The number of carbonyl (C=O) groups is 2. The van der Waals surface area contributed by atoms with Crippen molar-refractivity contribution in [3.63, 3.8) is 0 Å². The van der Waals surface area contributed by atoms with Gasteiger partial charge in [-0.05, 0) is 31.1 Å². The maximum absolute atomic E-state index is 12.1. The van der Waals surface area contributed by atoms with Gasteiger partial charge in [-0.25, -0.2) is 0 Å². The normalized spacial score (nSPS) is 14.0. The number of rotatable bonds is 9. The molecule has 0 aliphatic carbocycles. The van der Waals surface area contributed by atoms with Crippen LogP contribution in [-0.2, 0) is 14.3 Å². The number of nitrogens with one attached hydrogen (secondary N) is 1. The van der Waals surface area contributed by atoms with E-state index in [1.54, 1.807) is 6.92 Å². The molecule has 2 unspecified atom stereocenters. The number of hydrogen-bond donors (Lipinski definition) is 1. The van der Waals surface area contributed by atoms with Gasteiger partial charge in [0.25, 0.3) is 0 Å². The van der Waals surface area contributed by atoms with Crippen LogP contribution in [0.3, 0.4) is 0 Å². The molecule has 1 amide bonds. The Morgan fingerprint density at radius 2 is 1.96 bits per heavy atom. The molecule has 0 aromatic carbocycles. The largest absolute Gasteiger partial charge is 0.465 e. The first-order valence-corrected chi connectivity index (χ1v) is 10.3. The van der Waals surface area contributed by atoms with Crippen molar-refractivity contribution in [2.75, 3.05) is 11.9 Å². The van der Waals surface area contributed by atoms with Gasteiger partial charge in [-0.2, -0.15) is 0 Å². The lowest BCUT2D eigenvalue weighted by Gasteiger charge is -2.22. The van der Waals surface area contributed by atoms with Crippen molar-refractivity contribution in [1.29, 1.82) is 0 Å². The lowest BCUT2D eigenvalue weighted by Crippen LogP contribution is -2.19. The molecule has 6 nitrogen and oxygen atoms in total. The summed E-state index contributed by atoms with van der Waals surface area (Å²) in [6.07, 6.45) is 2.09. The lowest BCUT2D eigenvalue weighted by atomic mass is 9.84. The molecule has 2 atom stereocenters. The fraction of sp³-hybridized carbons (Fsp3) is 0.765. The first-order chi connectivity index (χ1) is 11.6. The Balaban J connectivity index is 2.54. The summed E-state index contributed by atoms with van der Waals surface area (Å²) in [6, 6.07) is 0. The highest BCUT2D eigenvalue weighted by molar-refractivity contribution is 8.02. The highest BCUT2D eigenvalue weighted by Crippen LogP contribution is 2.31. The van der Waals surface area contributed by atoms with Crippen LogP contribution in [-0.4, -0.2) is 33.9 Å². The number of nitrogens with zero attached hydrogens (tertiary/aromatic N) is 2. The SMILES string of the molecule is CCOC(=O)C(CC)Sc1nnc(NC(=O)CC(C)CC(C)(C)C)s1. The average molecular weight is 388 g/mol. The van der Waals surface area contributed by atoms with E-state index in [9.17, 15) is 9.59 Å². The van der Waals surface area contributed by atoms with Crippen molar-refractivity contribution in [3.05, 3.63) is 0 Å². The van der Waals surface area contributed by atoms with Crippen LogP contribution in [0.25, 0.3) is 0 Å². The summed E-state index contributed by atoms with van der Waals surface area (Å²) < 4.78 is 5.70. The topological polar surface area (TPSA) is 81.2 Å². The molecule has 1 rings (SSSR count). The van der Waals surface area contributed by atoms with Gasteiger partial charge in [0.1, 0.15) is 5.25 Å². The molecule has 0 fully saturated rings. The molecular formula is C17H29N3O3S2. The molecule has 0 aliphatic heterocycles. The van der Waals surface area contributed by atoms with E-state index in [2.05, 4.69) is 43.2 Å². The van der Waals surface area contributed by atoms with Crippen LogP contribution in [0.5, 0.6) is 0 Å². The Hall–Kier alpha value is -1.15. The number of amides is 1. The molecule has 0 radical (unpaired) electrons. The molecule has 0 spiro atoms. The fourth-order valence-corrected chi connectivity index (χ4v) is 4.50. The molecule has 142 valence electrons. The van der Waals surface area contributed by atoms with Gasteiger partial charge in [0.2, 0.25) is 11.0 Å². The second-order valence-electron chi connectivity index (χ2n) is 7.26. The summed E-state index contributed by atoms with van der Waals surface area (Å²) in [4.78, 5) is 24.0. The Bertz CT molecular complexity index is 570. The van der Waals surface area contributed by atoms with Crippen LogP contribution < -0.4 is 5.32 Å². The van der Waals surface area contributed by atoms with Crippen molar-refractivity contribution in [2.24, 2.45) is 11.3 Å². The minimum Gasteiger partial charge on any atom is -0.465 e. The smallest absolute Gasteiger partial charge is 0.319 e. The third-order valence-corrected chi connectivity index (χ3v) is 5.58. The third kappa shape index (κ3) is 8.67. The fourth-order valence-electron chi connectivity index (χ4n) is 2.57. The minimum absolute atomic E-state index is 0.0538. The van der Waals surface area contributed by atoms with Crippen LogP contribution in [0.4, 0.5) is 5.13 Å². The molecule has 0 saturated heterocycles. The predicted octanol–water partition coefficient (Wildman–Crippen LogP) is 4.37. The standard InChI is InChI=1S/C17H29N3O3S2/c1-7-12(14(22)23-8-2)24-16-20-19-15(25-16)18-13(21)9-11(3)10-17(4,5)6/h11-12H,7-10H2,1-6H3,(H,18,19,21). The Morgan fingerprint density at radius 1 is 1.28 bits per heavy atom. The molecule has 1 aromatic rings. The van der Waals surface area contributed by atoms with Crippen LogP contribution in [0.15, 0.2) is 4.34 Å². The van der Waals surface area contributed by atoms with Crippen molar-refractivity contribution in [3.8, 4) is 0 Å². The molecular weight excluding hydrogens is 358 g/mol. The molecule has 8 heteroatoms. The molecule has 1 N–H and O–H groups in total. The van der Waals surface area contributed by atoms with Crippen molar-refractivity contribution < 1.29 is 14.3 Å². The van der Waals surface area contributed by atoms with E-state index in [1.807, 2.05) is 6.92 Å². The zero-order valence-electron chi connectivity index (χ0n) is 15.9. The summed E-state index contributed by atoms with van der Waals surface area (Å²) in [5, 5.41) is 11.0. The number of esters is 1. The third-order valence-electron chi connectivity index (χ3n) is 3.31. The van der Waals surface area contributed by atoms with Gasteiger partial charge in [-0.3, -0.25) is 9.59 Å². The molecule has 0 aliphatic rings. The zero-order chi connectivity index (χ0) is 19.0. The van der Waals surface area contributed by atoms with Gasteiger partial charge < -0.3 is 10.1 Å². The average Bonchev–Trinajstić information content (AvgIpc) is 2.89. The quantitative estimate of drug-likeness (QED) is 0.385. The monoisotopic (exact) mass is 387 g/mol. The number of hydrogen-bond acceptors (Lipinski definition) is 7. The lowest BCUT2D eigenvalue weighted by molar-refractivity contribution is -0.142. The number of thioether (sulfide) groups is 1. The number of anilines is 1. The maximum atomic E-state index is 12.1. The zero-order valence-corrected chi connectivity index (χ0v) is 17.6. The second-order valence-corrected chi connectivity index (χ2v) is 9.69. The van der Waals surface area contributed by atoms with Gasteiger partial charge in [-0.15, -0.1) is 10.2 Å². The highest BCUT2D eigenvalue weighted by Gasteiger charge is 2.22. The maximum Gasteiger partial charge on any atom is 0.319 e. The van der Waals surface area contributed by atoms with E-state index in [0.717, 1.165) is 6.42 Å².